The lowest BCUT2D eigenvalue weighted by atomic mass is 9.95. The molecule has 25 heavy (non-hydrogen) atoms. The van der Waals surface area contributed by atoms with E-state index in [9.17, 15) is 14.7 Å². The summed E-state index contributed by atoms with van der Waals surface area (Å²) in [6.45, 7) is 2.36. The zero-order valence-electron chi connectivity index (χ0n) is 13.6. The number of hydrogen-bond donors (Lipinski definition) is 1. The number of carbonyl (C=O) groups excluding carboxylic acids is 1. The summed E-state index contributed by atoms with van der Waals surface area (Å²) < 4.78 is 5.10. The second-order valence-electron chi connectivity index (χ2n) is 6.35. The van der Waals surface area contributed by atoms with Crippen LogP contribution in [0.3, 0.4) is 0 Å². The van der Waals surface area contributed by atoms with Crippen molar-refractivity contribution in [1.82, 2.24) is 15.0 Å². The van der Waals surface area contributed by atoms with Crippen molar-refractivity contribution in [1.29, 1.82) is 0 Å². The van der Waals surface area contributed by atoms with Gasteiger partial charge in [-0.3, -0.25) is 4.79 Å². The van der Waals surface area contributed by atoms with E-state index in [4.69, 9.17) is 4.52 Å². The van der Waals surface area contributed by atoms with Gasteiger partial charge in [-0.1, -0.05) is 5.16 Å². The van der Waals surface area contributed by atoms with Crippen LogP contribution in [0.25, 0.3) is 0 Å². The maximum Gasteiger partial charge on any atom is 0.358 e. The molecule has 0 aliphatic carbocycles. The number of rotatable bonds is 3. The Balaban J connectivity index is 1.47. The van der Waals surface area contributed by atoms with Gasteiger partial charge < -0.3 is 19.4 Å². The molecule has 0 radical (unpaired) electrons. The highest BCUT2D eigenvalue weighted by Gasteiger charge is 2.34. The van der Waals surface area contributed by atoms with E-state index in [-0.39, 0.29) is 24.1 Å². The van der Waals surface area contributed by atoms with Crippen LogP contribution in [-0.4, -0.2) is 51.7 Å². The highest BCUT2D eigenvalue weighted by atomic mass is 32.1. The Morgan fingerprint density at radius 3 is 3.00 bits per heavy atom. The van der Waals surface area contributed by atoms with Crippen LogP contribution < -0.4 is 4.90 Å². The third-order valence-corrected chi connectivity index (χ3v) is 5.63. The number of hydrogen-bond acceptors (Lipinski definition) is 7. The SMILES string of the molecule is O=C(O)c1noc2c1CN(C(=O)C1CCCN(c3nccs3)C1)CC2. The van der Waals surface area contributed by atoms with Crippen molar-refractivity contribution in [2.75, 3.05) is 24.5 Å². The molecule has 0 aromatic carbocycles. The van der Waals surface area contributed by atoms with Crippen LogP contribution in [-0.2, 0) is 17.8 Å². The first-order chi connectivity index (χ1) is 12.1. The fraction of sp³-hybridized carbons (Fsp3) is 0.500. The van der Waals surface area contributed by atoms with E-state index in [1.54, 1.807) is 22.4 Å². The van der Waals surface area contributed by atoms with E-state index in [1.807, 2.05) is 5.38 Å². The van der Waals surface area contributed by atoms with Gasteiger partial charge in [-0.05, 0) is 12.8 Å². The van der Waals surface area contributed by atoms with Gasteiger partial charge in [0.1, 0.15) is 5.76 Å². The minimum Gasteiger partial charge on any atom is -0.476 e. The van der Waals surface area contributed by atoms with E-state index in [2.05, 4.69) is 15.0 Å². The van der Waals surface area contributed by atoms with Gasteiger partial charge in [0, 0.05) is 43.2 Å². The Morgan fingerprint density at radius 1 is 1.36 bits per heavy atom. The molecule has 0 bridgehead atoms. The molecule has 4 rings (SSSR count). The van der Waals surface area contributed by atoms with Gasteiger partial charge in [-0.15, -0.1) is 11.3 Å². The van der Waals surface area contributed by atoms with Crippen LogP contribution in [0.15, 0.2) is 16.1 Å². The number of carbonyl (C=O) groups is 2. The smallest absolute Gasteiger partial charge is 0.358 e. The van der Waals surface area contributed by atoms with E-state index in [0.717, 1.165) is 24.5 Å². The molecular weight excluding hydrogens is 344 g/mol. The van der Waals surface area contributed by atoms with Gasteiger partial charge in [0.15, 0.2) is 10.8 Å². The average molecular weight is 362 g/mol. The minimum absolute atomic E-state index is 0.0736. The fourth-order valence-electron chi connectivity index (χ4n) is 3.55. The van der Waals surface area contributed by atoms with Crippen LogP contribution in [0.2, 0.25) is 0 Å². The summed E-state index contributed by atoms with van der Waals surface area (Å²) in [6.07, 6.45) is 4.07. The highest BCUT2D eigenvalue weighted by Crippen LogP contribution is 2.28. The average Bonchev–Trinajstić information content (AvgIpc) is 3.30. The Labute approximate surface area is 148 Å². The third kappa shape index (κ3) is 2.99. The molecule has 0 saturated carbocycles. The number of carboxylic acids is 1. The molecular formula is C16H18N4O4S. The summed E-state index contributed by atoms with van der Waals surface area (Å²) in [4.78, 5) is 32.4. The molecule has 8 nitrogen and oxygen atoms in total. The lowest BCUT2D eigenvalue weighted by Crippen LogP contribution is -2.46. The van der Waals surface area contributed by atoms with Gasteiger partial charge in [-0.2, -0.15) is 0 Å². The summed E-state index contributed by atoms with van der Waals surface area (Å²) in [6, 6.07) is 0. The second kappa shape index (κ2) is 6.47. The van der Waals surface area contributed by atoms with Crippen molar-refractivity contribution in [3.63, 3.8) is 0 Å². The largest absolute Gasteiger partial charge is 0.476 e. The molecule has 4 heterocycles. The number of anilines is 1. The zero-order chi connectivity index (χ0) is 17.4. The van der Waals surface area contributed by atoms with E-state index in [0.29, 0.717) is 30.8 Å². The molecule has 2 aromatic heterocycles. The second-order valence-corrected chi connectivity index (χ2v) is 7.22. The van der Waals surface area contributed by atoms with Gasteiger partial charge in [-0.25, -0.2) is 9.78 Å². The quantitative estimate of drug-likeness (QED) is 0.886. The molecule has 9 heteroatoms. The van der Waals surface area contributed by atoms with Gasteiger partial charge in [0.25, 0.3) is 0 Å². The van der Waals surface area contributed by atoms with Crippen molar-refractivity contribution in [2.24, 2.45) is 5.92 Å². The molecule has 1 amide bonds. The normalized spacial score (nSPS) is 20.4. The van der Waals surface area contributed by atoms with Crippen LogP contribution >= 0.6 is 11.3 Å². The summed E-state index contributed by atoms with van der Waals surface area (Å²) in [7, 11) is 0. The molecule has 132 valence electrons. The lowest BCUT2D eigenvalue weighted by molar-refractivity contribution is -0.136. The molecule has 1 unspecified atom stereocenters. The first-order valence-electron chi connectivity index (χ1n) is 8.27. The summed E-state index contributed by atoms with van der Waals surface area (Å²) in [5.74, 6) is -0.557. The molecule has 2 aliphatic heterocycles. The Kier molecular flexibility index (Phi) is 4.16. The zero-order valence-corrected chi connectivity index (χ0v) is 14.4. The standard InChI is InChI=1S/C16H18N4O4S/c21-14(10-2-1-5-20(8-10)16-17-4-7-25-16)19-6-3-12-11(9-19)13(15(22)23)18-24-12/h4,7,10H,1-3,5-6,8-9H2,(H,22,23). The first kappa shape index (κ1) is 16.1. The lowest BCUT2D eigenvalue weighted by Gasteiger charge is -2.35. The van der Waals surface area contributed by atoms with E-state index < -0.39 is 5.97 Å². The molecule has 1 N–H and O–H groups in total. The number of amides is 1. The van der Waals surface area contributed by atoms with Crippen molar-refractivity contribution >= 4 is 28.3 Å². The maximum atomic E-state index is 13.0. The van der Waals surface area contributed by atoms with Crippen molar-refractivity contribution in [3.8, 4) is 0 Å². The number of thiazole rings is 1. The van der Waals surface area contributed by atoms with Gasteiger partial charge >= 0.3 is 5.97 Å². The van der Waals surface area contributed by atoms with Crippen molar-refractivity contribution < 1.29 is 19.2 Å². The first-order valence-corrected chi connectivity index (χ1v) is 9.15. The summed E-state index contributed by atoms with van der Waals surface area (Å²) in [5.41, 5.74) is 0.445. The van der Waals surface area contributed by atoms with Crippen LogP contribution in [0.1, 0.15) is 34.7 Å². The molecule has 2 aromatic rings. The highest BCUT2D eigenvalue weighted by molar-refractivity contribution is 7.13. The number of carboxylic acid groups (broad SMARTS) is 1. The van der Waals surface area contributed by atoms with Gasteiger partial charge in [0.05, 0.1) is 12.5 Å². The molecule has 1 atom stereocenters. The van der Waals surface area contributed by atoms with E-state index >= 15 is 0 Å². The molecule has 1 fully saturated rings. The number of fused-ring (bicyclic) bond motifs is 1. The van der Waals surface area contributed by atoms with E-state index in [1.165, 1.54) is 0 Å². The predicted octanol–water partition coefficient (Wildman–Crippen LogP) is 1.63. The Hall–Kier alpha value is -2.42. The van der Waals surface area contributed by atoms with Crippen molar-refractivity contribution in [3.05, 3.63) is 28.6 Å². The van der Waals surface area contributed by atoms with Crippen LogP contribution in [0, 0.1) is 5.92 Å². The number of aromatic nitrogens is 2. The van der Waals surface area contributed by atoms with Crippen LogP contribution in [0.5, 0.6) is 0 Å². The topological polar surface area (TPSA) is 99.8 Å². The maximum absolute atomic E-state index is 13.0. The summed E-state index contributed by atoms with van der Waals surface area (Å²) in [5, 5.41) is 15.7. The fourth-order valence-corrected chi connectivity index (χ4v) is 4.23. The molecule has 1 saturated heterocycles. The summed E-state index contributed by atoms with van der Waals surface area (Å²) >= 11 is 1.58. The number of piperidine rings is 1. The monoisotopic (exact) mass is 362 g/mol. The third-order valence-electron chi connectivity index (χ3n) is 4.80. The van der Waals surface area contributed by atoms with Crippen molar-refractivity contribution in [2.45, 2.75) is 25.8 Å². The Morgan fingerprint density at radius 2 is 2.24 bits per heavy atom. The van der Waals surface area contributed by atoms with Crippen LogP contribution in [0.4, 0.5) is 5.13 Å². The minimum atomic E-state index is -1.12. The number of aromatic carboxylic acids is 1. The van der Waals surface area contributed by atoms with Gasteiger partial charge in [0.2, 0.25) is 5.91 Å². The molecule has 0 spiro atoms. The predicted molar refractivity (Wildman–Crippen MR) is 89.6 cm³/mol. The Bertz CT molecular complexity index is 788. The number of nitrogens with zero attached hydrogens (tertiary/aromatic N) is 4. The molecule has 2 aliphatic rings.